The summed E-state index contributed by atoms with van der Waals surface area (Å²) in [5, 5.41) is 4.37. The van der Waals surface area contributed by atoms with Crippen LogP contribution in [0.15, 0.2) is 28.8 Å². The molecule has 9 heteroatoms. The highest BCUT2D eigenvalue weighted by Gasteiger charge is 2.17. The molecule has 26 heavy (non-hydrogen) atoms. The molecule has 1 saturated heterocycles. The molecule has 0 saturated carbocycles. The van der Waals surface area contributed by atoms with Crippen LogP contribution in [-0.2, 0) is 11.2 Å². The number of aromatic nitrogens is 1. The Morgan fingerprint density at radius 1 is 1.23 bits per heavy atom. The van der Waals surface area contributed by atoms with E-state index in [2.05, 4.69) is 10.3 Å². The maximum Gasteiger partial charge on any atom is 0.223 e. The molecule has 1 aromatic heterocycles. The topological polar surface area (TPSA) is 58.4 Å². The SMILES string of the molecule is Cl.Cl.O=C(CCc1ncc(-c2ccc(Cl)cc2Cl)o1)N1CCCNCC1. The summed E-state index contributed by atoms with van der Waals surface area (Å²) < 4.78 is 5.73. The second-order valence-corrected chi connectivity index (χ2v) is 6.57. The molecule has 1 aliphatic rings. The summed E-state index contributed by atoms with van der Waals surface area (Å²) in [6.07, 6.45) is 3.50. The van der Waals surface area contributed by atoms with Gasteiger partial charge in [0.25, 0.3) is 0 Å². The average Bonchev–Trinajstić information content (AvgIpc) is 2.85. The van der Waals surface area contributed by atoms with Gasteiger partial charge >= 0.3 is 0 Å². The van der Waals surface area contributed by atoms with Crippen LogP contribution < -0.4 is 5.32 Å². The van der Waals surface area contributed by atoms with Crippen molar-refractivity contribution in [3.05, 3.63) is 40.3 Å². The highest BCUT2D eigenvalue weighted by Crippen LogP contribution is 2.30. The lowest BCUT2D eigenvalue weighted by Gasteiger charge is -2.19. The number of hydrogen-bond acceptors (Lipinski definition) is 4. The molecule has 1 N–H and O–H groups in total. The predicted octanol–water partition coefficient (Wildman–Crippen LogP) is 4.25. The lowest BCUT2D eigenvalue weighted by atomic mass is 10.2. The van der Waals surface area contributed by atoms with Gasteiger partial charge in [-0.1, -0.05) is 23.2 Å². The summed E-state index contributed by atoms with van der Waals surface area (Å²) in [6.45, 7) is 3.39. The normalized spacial score (nSPS) is 14.2. The zero-order valence-electron chi connectivity index (χ0n) is 14.0. The summed E-state index contributed by atoms with van der Waals surface area (Å²) in [7, 11) is 0. The van der Waals surface area contributed by atoms with Crippen LogP contribution in [-0.4, -0.2) is 42.0 Å². The van der Waals surface area contributed by atoms with Crippen molar-refractivity contribution >= 4 is 53.9 Å². The Bertz CT molecular complexity index is 716. The van der Waals surface area contributed by atoms with Crippen LogP contribution in [0.5, 0.6) is 0 Å². The van der Waals surface area contributed by atoms with Crippen LogP contribution >= 0.6 is 48.0 Å². The molecule has 1 aromatic carbocycles. The number of carbonyl (C=O) groups is 1. The van der Waals surface area contributed by atoms with E-state index in [-0.39, 0.29) is 30.7 Å². The lowest BCUT2D eigenvalue weighted by Crippen LogP contribution is -2.34. The van der Waals surface area contributed by atoms with Gasteiger partial charge in [-0.3, -0.25) is 4.79 Å². The fraction of sp³-hybridized carbons (Fsp3) is 0.412. The zero-order chi connectivity index (χ0) is 16.9. The van der Waals surface area contributed by atoms with Gasteiger partial charge in [0.2, 0.25) is 5.91 Å². The molecular weight excluding hydrogens is 420 g/mol. The molecule has 0 unspecified atom stereocenters. The summed E-state index contributed by atoms with van der Waals surface area (Å²) >= 11 is 12.1. The maximum absolute atomic E-state index is 12.3. The molecule has 1 amide bonds. The molecule has 0 radical (unpaired) electrons. The molecule has 0 aliphatic carbocycles. The van der Waals surface area contributed by atoms with Crippen molar-refractivity contribution < 1.29 is 9.21 Å². The number of oxazole rings is 1. The van der Waals surface area contributed by atoms with Gasteiger partial charge < -0.3 is 14.6 Å². The van der Waals surface area contributed by atoms with E-state index in [0.717, 1.165) is 38.2 Å². The standard InChI is InChI=1S/C17H19Cl2N3O2.2ClH/c18-12-2-3-13(14(19)10-12)15-11-21-16(24-15)4-5-17(23)22-8-1-6-20-7-9-22;;/h2-3,10-11,20H,1,4-9H2;2*1H. The Hall–Kier alpha value is -0.980. The predicted molar refractivity (Wildman–Crippen MR) is 109 cm³/mol. The summed E-state index contributed by atoms with van der Waals surface area (Å²) in [5.41, 5.74) is 0.740. The molecular formula is C17H21Cl4N3O2. The average molecular weight is 441 g/mol. The summed E-state index contributed by atoms with van der Waals surface area (Å²) in [5.74, 6) is 1.26. The number of halogens is 4. The second kappa shape index (κ2) is 11.0. The number of amides is 1. The first-order valence-electron chi connectivity index (χ1n) is 8.02. The van der Waals surface area contributed by atoms with Crippen LogP contribution in [0.4, 0.5) is 0 Å². The monoisotopic (exact) mass is 439 g/mol. The Morgan fingerprint density at radius 3 is 2.81 bits per heavy atom. The number of nitrogens with zero attached hydrogens (tertiary/aromatic N) is 2. The van der Waals surface area contributed by atoms with E-state index in [4.69, 9.17) is 27.6 Å². The number of nitrogens with one attached hydrogen (secondary N) is 1. The minimum atomic E-state index is 0. The smallest absolute Gasteiger partial charge is 0.223 e. The maximum atomic E-state index is 12.3. The van der Waals surface area contributed by atoms with E-state index in [0.29, 0.717) is 34.5 Å². The van der Waals surface area contributed by atoms with Crippen LogP contribution in [0.3, 0.4) is 0 Å². The van der Waals surface area contributed by atoms with Crippen molar-refractivity contribution in [2.75, 3.05) is 26.2 Å². The first-order valence-corrected chi connectivity index (χ1v) is 8.78. The highest BCUT2D eigenvalue weighted by atomic mass is 35.5. The van der Waals surface area contributed by atoms with Gasteiger partial charge in [-0.2, -0.15) is 0 Å². The number of hydrogen-bond donors (Lipinski definition) is 1. The molecule has 1 aliphatic heterocycles. The van der Waals surface area contributed by atoms with Crippen molar-refractivity contribution in [2.45, 2.75) is 19.3 Å². The largest absolute Gasteiger partial charge is 0.441 e. The molecule has 144 valence electrons. The van der Waals surface area contributed by atoms with Crippen LogP contribution in [0.2, 0.25) is 10.0 Å². The Labute approximate surface area is 175 Å². The first-order chi connectivity index (χ1) is 11.6. The van der Waals surface area contributed by atoms with Crippen molar-refractivity contribution in [3.63, 3.8) is 0 Å². The third-order valence-electron chi connectivity index (χ3n) is 4.00. The Balaban J connectivity index is 0.00000169. The van der Waals surface area contributed by atoms with E-state index in [1.807, 2.05) is 4.90 Å². The fourth-order valence-corrected chi connectivity index (χ4v) is 3.21. The van der Waals surface area contributed by atoms with E-state index >= 15 is 0 Å². The van der Waals surface area contributed by atoms with Gasteiger partial charge in [0, 0.05) is 43.1 Å². The lowest BCUT2D eigenvalue weighted by molar-refractivity contribution is -0.131. The molecule has 0 spiro atoms. The van der Waals surface area contributed by atoms with Gasteiger partial charge in [0.05, 0.1) is 11.2 Å². The van der Waals surface area contributed by atoms with Crippen molar-refractivity contribution in [1.29, 1.82) is 0 Å². The van der Waals surface area contributed by atoms with Gasteiger partial charge in [-0.05, 0) is 31.2 Å². The van der Waals surface area contributed by atoms with E-state index < -0.39 is 0 Å². The molecule has 0 atom stereocenters. The third-order valence-corrected chi connectivity index (χ3v) is 4.54. The van der Waals surface area contributed by atoms with E-state index in [1.54, 1.807) is 24.4 Å². The molecule has 2 heterocycles. The molecule has 0 bridgehead atoms. The number of rotatable bonds is 4. The number of aryl methyl sites for hydroxylation is 1. The molecule has 5 nitrogen and oxygen atoms in total. The van der Waals surface area contributed by atoms with Crippen molar-refractivity contribution in [3.8, 4) is 11.3 Å². The van der Waals surface area contributed by atoms with E-state index in [1.165, 1.54) is 0 Å². The van der Waals surface area contributed by atoms with Gasteiger partial charge in [0.1, 0.15) is 0 Å². The highest BCUT2D eigenvalue weighted by molar-refractivity contribution is 6.36. The third kappa shape index (κ3) is 6.03. The van der Waals surface area contributed by atoms with Crippen LogP contribution in [0, 0.1) is 0 Å². The first kappa shape index (κ1) is 23.1. The summed E-state index contributed by atoms with van der Waals surface area (Å²) in [4.78, 5) is 18.4. The summed E-state index contributed by atoms with van der Waals surface area (Å²) in [6, 6.07) is 5.21. The molecule has 1 fully saturated rings. The van der Waals surface area contributed by atoms with Gasteiger partial charge in [-0.15, -0.1) is 24.8 Å². The second-order valence-electron chi connectivity index (χ2n) is 5.73. The van der Waals surface area contributed by atoms with Crippen LogP contribution in [0.25, 0.3) is 11.3 Å². The Morgan fingerprint density at radius 2 is 2.04 bits per heavy atom. The van der Waals surface area contributed by atoms with Crippen molar-refractivity contribution in [2.24, 2.45) is 0 Å². The van der Waals surface area contributed by atoms with Gasteiger partial charge in [0.15, 0.2) is 11.7 Å². The van der Waals surface area contributed by atoms with E-state index in [9.17, 15) is 4.79 Å². The molecule has 2 aromatic rings. The fourth-order valence-electron chi connectivity index (χ4n) is 2.71. The number of carbonyl (C=O) groups excluding carboxylic acids is 1. The quantitative estimate of drug-likeness (QED) is 0.771. The van der Waals surface area contributed by atoms with Crippen molar-refractivity contribution in [1.82, 2.24) is 15.2 Å². The molecule has 3 rings (SSSR count). The number of benzene rings is 1. The van der Waals surface area contributed by atoms with Crippen LogP contribution in [0.1, 0.15) is 18.7 Å². The zero-order valence-corrected chi connectivity index (χ0v) is 17.2. The minimum Gasteiger partial charge on any atom is -0.441 e. The van der Waals surface area contributed by atoms with Gasteiger partial charge in [-0.25, -0.2) is 4.98 Å². The minimum absolute atomic E-state index is 0. The Kier molecular flexibility index (Phi) is 9.75.